The van der Waals surface area contributed by atoms with Crippen molar-refractivity contribution in [2.24, 2.45) is 0 Å². The average molecular weight is 755 g/mol. The molecule has 0 saturated carbocycles. The molecule has 2 aliphatic rings. The van der Waals surface area contributed by atoms with E-state index in [-0.39, 0.29) is 5.41 Å². The topological polar surface area (TPSA) is 43.6 Å². The van der Waals surface area contributed by atoms with E-state index >= 15 is 0 Å². The highest BCUT2D eigenvalue weighted by molar-refractivity contribution is 6.10. The highest BCUT2D eigenvalue weighted by Gasteiger charge is 2.53. The van der Waals surface area contributed by atoms with Crippen molar-refractivity contribution in [1.82, 2.24) is 19.5 Å². The quantitative estimate of drug-likeness (QED) is 0.180. The first kappa shape index (κ1) is 33.7. The summed E-state index contributed by atoms with van der Waals surface area (Å²) in [6, 6.07) is 70.0. The fourth-order valence-corrected chi connectivity index (χ4v) is 10.3. The summed E-state index contributed by atoms with van der Waals surface area (Å²) in [7, 11) is 0. The van der Waals surface area contributed by atoms with Crippen molar-refractivity contribution >= 4 is 21.8 Å². The van der Waals surface area contributed by atoms with Crippen LogP contribution in [-0.2, 0) is 10.8 Å². The first-order chi connectivity index (χ1) is 29.0. The van der Waals surface area contributed by atoms with Crippen LogP contribution in [0.15, 0.2) is 194 Å². The third-order valence-corrected chi connectivity index (χ3v) is 12.9. The van der Waals surface area contributed by atoms with Crippen molar-refractivity contribution in [2.75, 3.05) is 0 Å². The van der Waals surface area contributed by atoms with Crippen molar-refractivity contribution in [3.63, 3.8) is 0 Å². The Morgan fingerprint density at radius 2 is 0.847 bits per heavy atom. The SMILES string of the molecule is CC1(C)c2ccccc2C2(c3ccccc3-c3ccc(-c4nc(-c5ccccc5)nc(-c5ccc6c(c5)c5ccccc5n6-c5ccccc5)n4)cc32)c2ccccc21. The number of hydrogen-bond donors (Lipinski definition) is 0. The van der Waals surface area contributed by atoms with Crippen LogP contribution in [0.2, 0.25) is 0 Å². The summed E-state index contributed by atoms with van der Waals surface area (Å²) in [6.07, 6.45) is 0. The summed E-state index contributed by atoms with van der Waals surface area (Å²) in [6.45, 7) is 4.73. The van der Waals surface area contributed by atoms with E-state index in [9.17, 15) is 0 Å². The summed E-state index contributed by atoms with van der Waals surface area (Å²) in [4.78, 5) is 15.8. The Labute approximate surface area is 343 Å². The fourth-order valence-electron chi connectivity index (χ4n) is 10.3. The summed E-state index contributed by atoms with van der Waals surface area (Å²) < 4.78 is 2.34. The van der Waals surface area contributed by atoms with Crippen LogP contribution >= 0.6 is 0 Å². The summed E-state index contributed by atoms with van der Waals surface area (Å²) in [5, 5.41) is 2.34. The van der Waals surface area contributed by atoms with E-state index in [2.05, 4.69) is 194 Å². The Morgan fingerprint density at radius 1 is 0.356 bits per heavy atom. The highest BCUT2D eigenvalue weighted by Crippen LogP contribution is 2.62. The van der Waals surface area contributed by atoms with E-state index in [1.165, 1.54) is 49.9 Å². The molecule has 1 spiro atoms. The van der Waals surface area contributed by atoms with E-state index in [0.29, 0.717) is 17.5 Å². The van der Waals surface area contributed by atoms with Gasteiger partial charge in [0.2, 0.25) is 0 Å². The number of nitrogens with zero attached hydrogens (tertiary/aromatic N) is 4. The maximum Gasteiger partial charge on any atom is 0.164 e. The van der Waals surface area contributed by atoms with Crippen LogP contribution in [0, 0.1) is 0 Å². The minimum absolute atomic E-state index is 0.171. The second-order valence-corrected chi connectivity index (χ2v) is 16.4. The lowest BCUT2D eigenvalue weighted by atomic mass is 9.55. The van der Waals surface area contributed by atoms with Gasteiger partial charge in [0.1, 0.15) is 0 Å². The zero-order valence-corrected chi connectivity index (χ0v) is 32.8. The molecule has 4 nitrogen and oxygen atoms in total. The number of fused-ring (bicyclic) bond motifs is 12. The van der Waals surface area contributed by atoms with Gasteiger partial charge in [-0.25, -0.2) is 15.0 Å². The molecule has 0 fully saturated rings. The van der Waals surface area contributed by atoms with Crippen LogP contribution in [0.5, 0.6) is 0 Å². The Morgan fingerprint density at radius 3 is 1.54 bits per heavy atom. The predicted octanol–water partition coefficient (Wildman–Crippen LogP) is 13.0. The third kappa shape index (κ3) is 4.74. The van der Waals surface area contributed by atoms with E-state index in [1.54, 1.807) is 0 Å². The van der Waals surface area contributed by atoms with E-state index in [4.69, 9.17) is 15.0 Å². The highest BCUT2D eigenvalue weighted by atomic mass is 15.0. The number of para-hydroxylation sites is 2. The molecule has 2 aliphatic carbocycles. The van der Waals surface area contributed by atoms with Gasteiger partial charge in [0.15, 0.2) is 17.5 Å². The van der Waals surface area contributed by atoms with Crippen LogP contribution in [0.4, 0.5) is 0 Å². The first-order valence-corrected chi connectivity index (χ1v) is 20.4. The van der Waals surface area contributed by atoms with Gasteiger partial charge in [-0.05, 0) is 87.0 Å². The molecule has 10 aromatic rings. The van der Waals surface area contributed by atoms with Crippen LogP contribution in [0.3, 0.4) is 0 Å². The zero-order chi connectivity index (χ0) is 39.3. The van der Waals surface area contributed by atoms with Crippen molar-refractivity contribution < 1.29 is 0 Å². The maximum atomic E-state index is 5.34. The van der Waals surface area contributed by atoms with E-state index in [1.807, 2.05) is 18.2 Å². The second-order valence-electron chi connectivity index (χ2n) is 16.4. The Hall–Kier alpha value is -7.43. The lowest BCUT2D eigenvalue weighted by molar-refractivity contribution is 0.563. The van der Waals surface area contributed by atoms with Crippen molar-refractivity contribution in [3.8, 4) is 51.0 Å². The van der Waals surface area contributed by atoms with E-state index < -0.39 is 5.41 Å². The molecule has 4 heteroatoms. The number of hydrogen-bond acceptors (Lipinski definition) is 3. The van der Waals surface area contributed by atoms with E-state index in [0.717, 1.165) is 38.8 Å². The summed E-state index contributed by atoms with van der Waals surface area (Å²) in [5.41, 5.74) is 16.0. The maximum absolute atomic E-state index is 5.34. The molecule has 0 unspecified atom stereocenters. The minimum Gasteiger partial charge on any atom is -0.309 e. The van der Waals surface area contributed by atoms with Crippen LogP contribution in [0.1, 0.15) is 47.2 Å². The van der Waals surface area contributed by atoms with Gasteiger partial charge in [0.05, 0.1) is 16.4 Å². The van der Waals surface area contributed by atoms with Gasteiger partial charge in [-0.2, -0.15) is 0 Å². The summed E-state index contributed by atoms with van der Waals surface area (Å²) in [5.74, 6) is 1.93. The van der Waals surface area contributed by atoms with Crippen molar-refractivity contribution in [3.05, 3.63) is 228 Å². The zero-order valence-electron chi connectivity index (χ0n) is 32.8. The van der Waals surface area contributed by atoms with Crippen LogP contribution < -0.4 is 0 Å². The lowest BCUT2D eigenvalue weighted by Crippen LogP contribution is -2.40. The molecule has 278 valence electrons. The lowest BCUT2D eigenvalue weighted by Gasteiger charge is -2.46. The van der Waals surface area contributed by atoms with Crippen molar-refractivity contribution in [1.29, 1.82) is 0 Å². The molecule has 2 aromatic heterocycles. The van der Waals surface area contributed by atoms with Gasteiger partial charge in [-0.15, -0.1) is 0 Å². The van der Waals surface area contributed by atoms with Gasteiger partial charge in [0.25, 0.3) is 0 Å². The summed E-state index contributed by atoms with van der Waals surface area (Å²) >= 11 is 0. The number of benzene rings is 8. The van der Waals surface area contributed by atoms with Gasteiger partial charge in [0, 0.05) is 38.6 Å². The first-order valence-electron chi connectivity index (χ1n) is 20.4. The molecule has 0 N–H and O–H groups in total. The van der Waals surface area contributed by atoms with Gasteiger partial charge >= 0.3 is 0 Å². The monoisotopic (exact) mass is 754 g/mol. The van der Waals surface area contributed by atoms with Crippen molar-refractivity contribution in [2.45, 2.75) is 24.7 Å². The molecule has 0 atom stereocenters. The Bertz CT molecular complexity index is 3250. The van der Waals surface area contributed by atoms with Gasteiger partial charge < -0.3 is 4.57 Å². The van der Waals surface area contributed by atoms with Crippen LogP contribution in [-0.4, -0.2) is 19.5 Å². The molecule has 0 bridgehead atoms. The molecular weight excluding hydrogens is 717 g/mol. The molecule has 12 rings (SSSR count). The van der Waals surface area contributed by atoms with Crippen LogP contribution in [0.25, 0.3) is 72.8 Å². The molecular formula is C55H38N4. The Balaban J connectivity index is 1.10. The molecule has 59 heavy (non-hydrogen) atoms. The standard InChI is InChI=1S/C55H38N4/c1-54(2)44-24-12-14-26-46(44)55(47-27-15-13-25-45(47)54)43-23-11-9-21-39(43)40-31-29-37(34-48(40)55)53-57-51(35-17-5-3-6-18-35)56-52(58-53)36-30-32-50-42(33-36)41-22-10-16-28-49(41)59(50)38-19-7-4-8-20-38/h3-34H,1-2H3. The number of aromatic nitrogens is 4. The molecule has 0 radical (unpaired) electrons. The fraction of sp³-hybridized carbons (Fsp3) is 0.0727. The normalized spacial score (nSPS) is 14.2. The predicted molar refractivity (Wildman–Crippen MR) is 240 cm³/mol. The molecule has 0 aliphatic heterocycles. The smallest absolute Gasteiger partial charge is 0.164 e. The molecule has 8 aromatic carbocycles. The van der Waals surface area contributed by atoms with Gasteiger partial charge in [-0.3, -0.25) is 0 Å². The molecule has 2 heterocycles. The third-order valence-electron chi connectivity index (χ3n) is 12.9. The second kappa shape index (κ2) is 12.5. The largest absolute Gasteiger partial charge is 0.309 e. The minimum atomic E-state index is -0.513. The average Bonchev–Trinajstić information content (AvgIpc) is 3.79. The number of rotatable bonds is 4. The molecule has 0 amide bonds. The molecule has 0 saturated heterocycles. The van der Waals surface area contributed by atoms with Gasteiger partial charge in [-0.1, -0.05) is 166 Å². The Kier molecular flexibility index (Phi) is 7.16.